The molecule has 1 aromatic carbocycles. The van der Waals surface area contributed by atoms with E-state index < -0.39 is 5.54 Å². The average Bonchev–Trinajstić information content (AvgIpc) is 3.19. The minimum atomic E-state index is -0.589. The van der Waals surface area contributed by atoms with Crippen LogP contribution in [0.15, 0.2) is 42.7 Å². The zero-order valence-corrected chi connectivity index (χ0v) is 16.2. The molecule has 0 saturated carbocycles. The summed E-state index contributed by atoms with van der Waals surface area (Å²) in [5, 5.41) is 7.72. The number of halogens is 1. The number of hydrogen-bond donors (Lipinski definition) is 1. The lowest BCUT2D eigenvalue weighted by Gasteiger charge is -2.39. The van der Waals surface area contributed by atoms with Crippen molar-refractivity contribution in [3.63, 3.8) is 0 Å². The second-order valence-electron chi connectivity index (χ2n) is 6.47. The molecule has 3 rings (SSSR count). The van der Waals surface area contributed by atoms with Gasteiger partial charge in [0.25, 0.3) is 5.91 Å². The van der Waals surface area contributed by atoms with Gasteiger partial charge in [0.15, 0.2) is 0 Å². The molecule has 0 radical (unpaired) electrons. The topological polar surface area (TPSA) is 59.4 Å². The van der Waals surface area contributed by atoms with Gasteiger partial charge in [-0.25, -0.2) is 0 Å². The largest absolute Gasteiger partial charge is 0.494 e. The van der Waals surface area contributed by atoms with Gasteiger partial charge in [-0.15, -0.1) is 12.4 Å². The van der Waals surface area contributed by atoms with E-state index in [0.717, 1.165) is 37.2 Å². The van der Waals surface area contributed by atoms with E-state index in [2.05, 4.69) is 10.4 Å². The van der Waals surface area contributed by atoms with Crippen molar-refractivity contribution in [2.45, 2.75) is 31.8 Å². The summed E-state index contributed by atoms with van der Waals surface area (Å²) in [7, 11) is 1.87. The Kier molecular flexibility index (Phi) is 7.06. The summed E-state index contributed by atoms with van der Waals surface area (Å²) in [4.78, 5) is 15.1. The zero-order valence-electron chi connectivity index (χ0n) is 15.4. The van der Waals surface area contributed by atoms with Crippen LogP contribution in [0.25, 0.3) is 0 Å². The van der Waals surface area contributed by atoms with Crippen molar-refractivity contribution < 1.29 is 9.53 Å². The summed E-state index contributed by atoms with van der Waals surface area (Å²) < 4.78 is 7.31. The fourth-order valence-electron chi connectivity index (χ4n) is 3.46. The van der Waals surface area contributed by atoms with Crippen molar-refractivity contribution in [1.29, 1.82) is 0 Å². The molecule has 26 heavy (non-hydrogen) atoms. The third-order valence-corrected chi connectivity index (χ3v) is 4.77. The summed E-state index contributed by atoms with van der Waals surface area (Å²) in [5.41, 5.74) is 0.498. The SMILES string of the molecule is CCOc1ccc(CN(C)C(=O)C2(n3cccn3)CCNCC2)cc1.Cl. The van der Waals surface area contributed by atoms with Crippen LogP contribution in [0.5, 0.6) is 5.75 Å². The molecule has 1 fully saturated rings. The number of nitrogens with zero attached hydrogens (tertiary/aromatic N) is 3. The summed E-state index contributed by atoms with van der Waals surface area (Å²) in [5.74, 6) is 0.971. The Hall–Kier alpha value is -2.05. The molecule has 0 bridgehead atoms. The van der Waals surface area contributed by atoms with Gasteiger partial charge in [-0.05, 0) is 56.6 Å². The second kappa shape index (κ2) is 9.05. The molecule has 2 heterocycles. The highest BCUT2D eigenvalue weighted by molar-refractivity contribution is 5.85. The van der Waals surface area contributed by atoms with Gasteiger partial charge in [0.1, 0.15) is 11.3 Å². The Morgan fingerprint density at radius 3 is 2.58 bits per heavy atom. The van der Waals surface area contributed by atoms with Gasteiger partial charge in [0, 0.05) is 26.0 Å². The fourth-order valence-corrected chi connectivity index (χ4v) is 3.46. The monoisotopic (exact) mass is 378 g/mol. The first-order chi connectivity index (χ1) is 12.2. The normalized spacial score (nSPS) is 15.8. The zero-order chi connectivity index (χ0) is 17.7. The molecule has 1 N–H and O–H groups in total. The summed E-state index contributed by atoms with van der Waals surface area (Å²) >= 11 is 0. The van der Waals surface area contributed by atoms with E-state index in [0.29, 0.717) is 13.2 Å². The molecule has 0 atom stereocenters. The third-order valence-electron chi connectivity index (χ3n) is 4.77. The number of likely N-dealkylation sites (N-methyl/N-ethyl adjacent to an activating group) is 1. The van der Waals surface area contributed by atoms with Crippen LogP contribution in [0.2, 0.25) is 0 Å². The minimum absolute atomic E-state index is 0. The highest BCUT2D eigenvalue weighted by Crippen LogP contribution is 2.29. The summed E-state index contributed by atoms with van der Waals surface area (Å²) in [6.07, 6.45) is 5.14. The molecule has 0 aliphatic carbocycles. The Morgan fingerprint density at radius 1 is 1.31 bits per heavy atom. The van der Waals surface area contributed by atoms with Crippen LogP contribution in [0.4, 0.5) is 0 Å². The first-order valence-corrected chi connectivity index (χ1v) is 8.84. The highest BCUT2D eigenvalue weighted by Gasteiger charge is 2.43. The number of carbonyl (C=O) groups is 1. The van der Waals surface area contributed by atoms with Crippen molar-refractivity contribution in [1.82, 2.24) is 20.0 Å². The van der Waals surface area contributed by atoms with Gasteiger partial charge in [0.2, 0.25) is 0 Å². The molecule has 1 amide bonds. The van der Waals surface area contributed by atoms with Crippen LogP contribution < -0.4 is 10.1 Å². The number of ether oxygens (including phenoxy) is 1. The molecule has 7 heteroatoms. The van der Waals surface area contributed by atoms with E-state index in [4.69, 9.17) is 4.74 Å². The van der Waals surface area contributed by atoms with Crippen molar-refractivity contribution in [2.24, 2.45) is 0 Å². The lowest BCUT2D eigenvalue weighted by Crippen LogP contribution is -2.54. The molecule has 2 aromatic rings. The summed E-state index contributed by atoms with van der Waals surface area (Å²) in [6.45, 7) is 4.83. The Bertz CT molecular complexity index is 682. The maximum Gasteiger partial charge on any atom is 0.250 e. The van der Waals surface area contributed by atoms with Crippen molar-refractivity contribution in [2.75, 3.05) is 26.7 Å². The van der Waals surface area contributed by atoms with E-state index in [1.165, 1.54) is 0 Å². The predicted molar refractivity (Wildman–Crippen MR) is 104 cm³/mol. The van der Waals surface area contributed by atoms with E-state index in [-0.39, 0.29) is 18.3 Å². The molecule has 0 unspecified atom stereocenters. The van der Waals surface area contributed by atoms with Gasteiger partial charge in [-0.1, -0.05) is 12.1 Å². The fraction of sp³-hybridized carbons (Fsp3) is 0.474. The molecular formula is C19H27ClN4O2. The Labute approximate surface area is 160 Å². The molecular weight excluding hydrogens is 352 g/mol. The second-order valence-corrected chi connectivity index (χ2v) is 6.47. The van der Waals surface area contributed by atoms with Crippen molar-refractivity contribution >= 4 is 18.3 Å². The predicted octanol–water partition coefficient (Wildman–Crippen LogP) is 2.44. The average molecular weight is 379 g/mol. The number of nitrogens with one attached hydrogen (secondary N) is 1. The number of rotatable bonds is 6. The molecule has 1 saturated heterocycles. The van der Waals surface area contributed by atoms with Crippen molar-refractivity contribution in [3.8, 4) is 5.75 Å². The van der Waals surface area contributed by atoms with E-state index in [1.807, 2.05) is 60.1 Å². The van der Waals surface area contributed by atoms with Crippen LogP contribution in [0.3, 0.4) is 0 Å². The molecule has 1 aliphatic rings. The Balaban J connectivity index is 0.00000243. The number of carbonyl (C=O) groups excluding carboxylic acids is 1. The van der Waals surface area contributed by atoms with Gasteiger partial charge in [-0.3, -0.25) is 9.48 Å². The van der Waals surface area contributed by atoms with Crippen LogP contribution in [0.1, 0.15) is 25.3 Å². The van der Waals surface area contributed by atoms with Gasteiger partial charge in [-0.2, -0.15) is 5.10 Å². The van der Waals surface area contributed by atoms with Crippen LogP contribution in [-0.2, 0) is 16.9 Å². The highest BCUT2D eigenvalue weighted by atomic mass is 35.5. The van der Waals surface area contributed by atoms with Gasteiger partial charge < -0.3 is 15.0 Å². The lowest BCUT2D eigenvalue weighted by atomic mass is 9.86. The van der Waals surface area contributed by atoms with Crippen LogP contribution >= 0.6 is 12.4 Å². The number of benzene rings is 1. The molecule has 142 valence electrons. The Morgan fingerprint density at radius 2 is 2.00 bits per heavy atom. The van der Waals surface area contributed by atoms with E-state index in [9.17, 15) is 4.79 Å². The quantitative estimate of drug-likeness (QED) is 0.838. The maximum atomic E-state index is 13.3. The summed E-state index contributed by atoms with van der Waals surface area (Å²) in [6, 6.07) is 9.80. The van der Waals surface area contributed by atoms with Crippen LogP contribution in [0, 0.1) is 0 Å². The van der Waals surface area contributed by atoms with Crippen molar-refractivity contribution in [3.05, 3.63) is 48.3 Å². The van der Waals surface area contributed by atoms with Gasteiger partial charge in [0.05, 0.1) is 6.61 Å². The third kappa shape index (κ3) is 4.19. The molecule has 6 nitrogen and oxygen atoms in total. The number of aromatic nitrogens is 2. The number of amides is 1. The maximum absolute atomic E-state index is 13.3. The van der Waals surface area contributed by atoms with E-state index in [1.54, 1.807) is 6.20 Å². The first kappa shape index (κ1) is 20.3. The van der Waals surface area contributed by atoms with E-state index >= 15 is 0 Å². The first-order valence-electron chi connectivity index (χ1n) is 8.84. The number of hydrogen-bond acceptors (Lipinski definition) is 4. The smallest absolute Gasteiger partial charge is 0.250 e. The van der Waals surface area contributed by atoms with Crippen LogP contribution in [-0.4, -0.2) is 47.3 Å². The number of piperidine rings is 1. The molecule has 1 aliphatic heterocycles. The molecule has 0 spiro atoms. The lowest BCUT2D eigenvalue weighted by molar-refractivity contribution is -0.142. The molecule has 1 aromatic heterocycles. The minimum Gasteiger partial charge on any atom is -0.494 e. The van der Waals surface area contributed by atoms with Gasteiger partial charge >= 0.3 is 0 Å². The standard InChI is InChI=1S/C19H26N4O2.ClH/c1-3-25-17-7-5-16(6-8-17)15-22(2)18(24)19(9-12-20-13-10-19)23-14-4-11-21-23;/h4-8,11,14,20H,3,9-10,12-13,15H2,1-2H3;1H.